The van der Waals surface area contributed by atoms with Crippen molar-refractivity contribution >= 4 is 30.7 Å². The third-order valence-corrected chi connectivity index (χ3v) is 3.71. The maximum atomic E-state index is 14.1. The summed E-state index contributed by atoms with van der Waals surface area (Å²) in [6.07, 6.45) is 1.68. The summed E-state index contributed by atoms with van der Waals surface area (Å²) in [6.45, 7) is 2.30. The Bertz CT molecular complexity index is 727. The van der Waals surface area contributed by atoms with Crippen LogP contribution in [0, 0.1) is 5.82 Å². The van der Waals surface area contributed by atoms with Crippen LogP contribution in [0.5, 0.6) is 0 Å². The lowest BCUT2D eigenvalue weighted by Gasteiger charge is -2.31. The maximum Gasteiger partial charge on any atom is 0.176 e. The Morgan fingerprint density at radius 3 is 3.00 bits per heavy atom. The van der Waals surface area contributed by atoms with E-state index in [1.165, 1.54) is 6.07 Å². The van der Waals surface area contributed by atoms with Crippen molar-refractivity contribution in [3.8, 4) is 0 Å². The molecule has 2 N–H and O–H groups in total. The number of aliphatic imine (C=N–C) groups is 1. The minimum atomic E-state index is -0.767. The predicted molar refractivity (Wildman–Crippen MR) is 79.9 cm³/mol. The first kappa shape index (κ1) is 13.2. The lowest BCUT2D eigenvalue weighted by molar-refractivity contribution is 0.383. The molecule has 1 aliphatic rings. The molecule has 0 saturated carbocycles. The van der Waals surface area contributed by atoms with E-state index in [9.17, 15) is 4.39 Å². The Kier molecular flexibility index (Phi) is 2.86. The van der Waals surface area contributed by atoms with Crippen molar-refractivity contribution in [3.63, 3.8) is 0 Å². The molecular weight excluding hydrogens is 277 g/mol. The second-order valence-electron chi connectivity index (χ2n) is 5.27. The molecular formula is C13H13BClFN4. The summed E-state index contributed by atoms with van der Waals surface area (Å²) >= 11 is 5.90. The van der Waals surface area contributed by atoms with Gasteiger partial charge >= 0.3 is 0 Å². The summed E-state index contributed by atoms with van der Waals surface area (Å²) in [5.41, 5.74) is 6.68. The van der Waals surface area contributed by atoms with Crippen LogP contribution in [0.2, 0.25) is 5.15 Å². The van der Waals surface area contributed by atoms with Gasteiger partial charge in [0.25, 0.3) is 0 Å². The predicted octanol–water partition coefficient (Wildman–Crippen LogP) is 0.568. The molecule has 3 rings (SSSR count). The largest absolute Gasteiger partial charge is 0.381 e. The zero-order chi connectivity index (χ0) is 14.5. The first-order chi connectivity index (χ1) is 9.39. The summed E-state index contributed by atoms with van der Waals surface area (Å²) < 4.78 is 16.0. The minimum Gasteiger partial charge on any atom is -0.381 e. The molecule has 2 heterocycles. The average molecular weight is 291 g/mol. The van der Waals surface area contributed by atoms with Gasteiger partial charge in [0.1, 0.15) is 24.4 Å². The number of rotatable bonds is 1. The number of hydrogen-bond donors (Lipinski definition) is 1. The quantitative estimate of drug-likeness (QED) is 0.781. The summed E-state index contributed by atoms with van der Waals surface area (Å²) in [4.78, 5) is 8.56. The smallest absolute Gasteiger partial charge is 0.176 e. The molecule has 1 aliphatic heterocycles. The number of hydrogen-bond acceptors (Lipinski definition) is 3. The second-order valence-corrected chi connectivity index (χ2v) is 5.66. The van der Waals surface area contributed by atoms with E-state index in [1.54, 1.807) is 18.3 Å². The molecule has 1 unspecified atom stereocenters. The van der Waals surface area contributed by atoms with Gasteiger partial charge in [-0.15, -0.1) is 0 Å². The summed E-state index contributed by atoms with van der Waals surface area (Å²) in [5, 5.41) is 0.354. The first-order valence-corrected chi connectivity index (χ1v) is 6.62. The van der Waals surface area contributed by atoms with Crippen LogP contribution >= 0.6 is 11.6 Å². The molecule has 0 amide bonds. The van der Waals surface area contributed by atoms with E-state index in [-0.39, 0.29) is 11.7 Å². The average Bonchev–Trinajstić information content (AvgIpc) is 2.73. The zero-order valence-electron chi connectivity index (χ0n) is 11.2. The molecule has 2 aromatic rings. The highest BCUT2D eigenvalue weighted by atomic mass is 35.5. The van der Waals surface area contributed by atoms with Crippen LogP contribution in [0.4, 0.5) is 4.39 Å². The standard InChI is InChI=1S/C13H13BClFN4/c1-13(8-4-7(14)2-3-9(8)16)6-20-5-10(15)18-12(20)11(17)19-13/h2-5H,6,14H2,1H3,(H2,17,19). The maximum absolute atomic E-state index is 14.1. The molecule has 4 nitrogen and oxygen atoms in total. The van der Waals surface area contributed by atoms with Crippen molar-refractivity contribution in [1.29, 1.82) is 0 Å². The fourth-order valence-electron chi connectivity index (χ4n) is 2.59. The number of halogens is 2. The van der Waals surface area contributed by atoms with Gasteiger partial charge in [0.05, 0.1) is 6.54 Å². The molecule has 0 spiro atoms. The third kappa shape index (κ3) is 2.00. The van der Waals surface area contributed by atoms with Crippen LogP contribution < -0.4 is 11.2 Å². The zero-order valence-corrected chi connectivity index (χ0v) is 11.9. The normalized spacial score (nSPS) is 21.4. The molecule has 1 aromatic heterocycles. The van der Waals surface area contributed by atoms with Crippen LogP contribution in [-0.2, 0) is 12.1 Å². The number of benzene rings is 1. The Balaban J connectivity index is 2.14. The molecule has 20 heavy (non-hydrogen) atoms. The van der Waals surface area contributed by atoms with Crippen molar-refractivity contribution in [1.82, 2.24) is 9.55 Å². The van der Waals surface area contributed by atoms with Gasteiger partial charge in [0, 0.05) is 11.8 Å². The van der Waals surface area contributed by atoms with Gasteiger partial charge in [0.2, 0.25) is 0 Å². The van der Waals surface area contributed by atoms with Gasteiger partial charge in [-0.2, -0.15) is 0 Å². The van der Waals surface area contributed by atoms with Crippen molar-refractivity contribution in [2.45, 2.75) is 19.0 Å². The van der Waals surface area contributed by atoms with E-state index in [0.29, 0.717) is 23.1 Å². The molecule has 1 atom stereocenters. The van der Waals surface area contributed by atoms with Gasteiger partial charge in [-0.25, -0.2) is 9.37 Å². The van der Waals surface area contributed by atoms with E-state index >= 15 is 0 Å². The van der Waals surface area contributed by atoms with E-state index in [1.807, 2.05) is 19.3 Å². The number of amidine groups is 1. The van der Waals surface area contributed by atoms with Crippen molar-refractivity contribution < 1.29 is 4.39 Å². The van der Waals surface area contributed by atoms with Crippen LogP contribution in [0.1, 0.15) is 18.3 Å². The number of nitrogens with zero attached hydrogens (tertiary/aromatic N) is 3. The van der Waals surface area contributed by atoms with E-state index in [0.717, 1.165) is 5.46 Å². The van der Waals surface area contributed by atoms with Gasteiger partial charge in [0.15, 0.2) is 11.7 Å². The second kappa shape index (κ2) is 4.35. The van der Waals surface area contributed by atoms with Crippen LogP contribution in [0.25, 0.3) is 0 Å². The molecule has 0 saturated heterocycles. The fourth-order valence-corrected chi connectivity index (χ4v) is 2.79. The van der Waals surface area contributed by atoms with Gasteiger partial charge in [-0.3, -0.25) is 4.99 Å². The van der Waals surface area contributed by atoms with E-state index < -0.39 is 5.54 Å². The first-order valence-electron chi connectivity index (χ1n) is 6.24. The molecule has 7 heteroatoms. The lowest BCUT2D eigenvalue weighted by Crippen LogP contribution is -2.38. The lowest BCUT2D eigenvalue weighted by atomic mass is 9.85. The number of fused-ring (bicyclic) bond motifs is 1. The van der Waals surface area contributed by atoms with Crippen molar-refractivity contribution in [3.05, 3.63) is 46.8 Å². The van der Waals surface area contributed by atoms with E-state index in [2.05, 4.69) is 9.98 Å². The monoisotopic (exact) mass is 290 g/mol. The minimum absolute atomic E-state index is 0.270. The summed E-state index contributed by atoms with van der Waals surface area (Å²) in [6, 6.07) is 4.99. The highest BCUT2D eigenvalue weighted by Gasteiger charge is 2.35. The van der Waals surface area contributed by atoms with E-state index in [4.69, 9.17) is 17.3 Å². The number of imidazole rings is 1. The Labute approximate surface area is 121 Å². The number of aromatic nitrogens is 2. The molecule has 0 radical (unpaired) electrons. The molecule has 1 aromatic carbocycles. The fraction of sp³-hybridized carbons (Fsp3) is 0.231. The van der Waals surface area contributed by atoms with Crippen LogP contribution in [-0.4, -0.2) is 23.2 Å². The van der Waals surface area contributed by atoms with Crippen molar-refractivity contribution in [2.75, 3.05) is 0 Å². The van der Waals surface area contributed by atoms with Gasteiger partial charge < -0.3 is 10.3 Å². The highest BCUT2D eigenvalue weighted by Crippen LogP contribution is 2.33. The Morgan fingerprint density at radius 2 is 2.25 bits per heavy atom. The SMILES string of the molecule is Bc1ccc(F)c(C2(C)Cn3cc(Cl)nc3C(N)=N2)c1. The van der Waals surface area contributed by atoms with Crippen LogP contribution in [0.3, 0.4) is 0 Å². The summed E-state index contributed by atoms with van der Waals surface area (Å²) in [5.74, 6) is 0.511. The Hall–Kier alpha value is -1.82. The van der Waals surface area contributed by atoms with Gasteiger partial charge in [-0.05, 0) is 13.0 Å². The topological polar surface area (TPSA) is 56.2 Å². The summed E-state index contributed by atoms with van der Waals surface area (Å²) in [7, 11) is 1.92. The number of nitrogens with two attached hydrogens (primary N) is 1. The Morgan fingerprint density at radius 1 is 1.50 bits per heavy atom. The third-order valence-electron chi connectivity index (χ3n) is 3.52. The molecule has 102 valence electrons. The molecule has 0 bridgehead atoms. The van der Waals surface area contributed by atoms with Crippen LogP contribution in [0.15, 0.2) is 29.4 Å². The molecule has 0 fully saturated rings. The highest BCUT2D eigenvalue weighted by molar-refractivity contribution is 6.32. The molecule has 0 aliphatic carbocycles. The van der Waals surface area contributed by atoms with Crippen molar-refractivity contribution in [2.24, 2.45) is 10.7 Å². The van der Waals surface area contributed by atoms with Gasteiger partial charge in [-0.1, -0.05) is 29.2 Å².